The molecule has 4 rings (SSSR count). The molecule has 1 heterocycles. The van der Waals surface area contributed by atoms with Crippen LogP contribution in [0.5, 0.6) is 0 Å². The maximum absolute atomic E-state index is 14.9. The van der Waals surface area contributed by atoms with Gasteiger partial charge in [-0.05, 0) is 73.2 Å². The van der Waals surface area contributed by atoms with Crippen LogP contribution in [-0.2, 0) is 15.6 Å². The molecule has 0 radical (unpaired) electrons. The number of aromatic nitrogens is 2. The molecule has 0 bridgehead atoms. The molecule has 11 heteroatoms. The van der Waals surface area contributed by atoms with E-state index in [4.69, 9.17) is 21.8 Å². The van der Waals surface area contributed by atoms with E-state index in [1.807, 2.05) is 6.92 Å². The van der Waals surface area contributed by atoms with Crippen molar-refractivity contribution in [2.24, 2.45) is 5.73 Å². The second-order valence-corrected chi connectivity index (χ2v) is 10.7. The maximum Gasteiger partial charge on any atom is 0.434 e. The molecule has 0 spiro atoms. The van der Waals surface area contributed by atoms with E-state index in [1.54, 1.807) is 26.0 Å². The predicted octanol–water partition coefficient (Wildman–Crippen LogP) is 3.54. The van der Waals surface area contributed by atoms with Crippen molar-refractivity contribution in [1.82, 2.24) is 14.9 Å². The highest BCUT2D eigenvalue weighted by Gasteiger charge is 2.44. The molecule has 2 unspecified atom stereocenters. The Hall–Kier alpha value is -2.53. The number of sulfonamides is 1. The highest BCUT2D eigenvalue weighted by atomic mass is 35.5. The molecule has 1 aromatic heterocycles. The summed E-state index contributed by atoms with van der Waals surface area (Å²) in [6, 6.07) is 6.17. The molecule has 0 saturated heterocycles. The Morgan fingerprint density at radius 1 is 1.27 bits per heavy atom. The summed E-state index contributed by atoms with van der Waals surface area (Å²) in [5.74, 6) is -2.33. The van der Waals surface area contributed by atoms with Gasteiger partial charge in [0.25, 0.3) is 0 Å². The van der Waals surface area contributed by atoms with Crippen molar-refractivity contribution in [2.45, 2.75) is 56.0 Å². The van der Waals surface area contributed by atoms with E-state index >= 15 is 0 Å². The number of aromatic amines is 1. The fourth-order valence-corrected chi connectivity index (χ4v) is 5.77. The third-order valence-electron chi connectivity index (χ3n) is 6.25. The number of halogens is 2. The molecule has 1 fully saturated rings. The molecule has 0 amide bonds. The van der Waals surface area contributed by atoms with Gasteiger partial charge in [-0.2, -0.15) is 4.72 Å². The first-order valence-corrected chi connectivity index (χ1v) is 12.2. The van der Waals surface area contributed by atoms with E-state index in [0.717, 1.165) is 5.56 Å². The highest BCUT2D eigenvalue weighted by molar-refractivity contribution is 7.89. The van der Waals surface area contributed by atoms with Crippen molar-refractivity contribution in [3.8, 4) is 0 Å². The number of benzene rings is 2. The quantitative estimate of drug-likeness (QED) is 0.460. The number of H-pyrrole nitrogens is 1. The lowest BCUT2D eigenvalue weighted by Gasteiger charge is -2.26. The molecule has 33 heavy (non-hydrogen) atoms. The fourth-order valence-electron chi connectivity index (χ4n) is 4.03. The van der Waals surface area contributed by atoms with E-state index < -0.39 is 39.1 Å². The molecule has 8 nitrogen and oxygen atoms in total. The van der Waals surface area contributed by atoms with Gasteiger partial charge in [0, 0.05) is 16.5 Å². The standard InChI is InChI=1S/C22H24ClFN4O4S/c1-11-4-6-16(24)18(12(11)2)13(3)19(20-26-27-21(29)32-20)28-33(30,31)17-7-5-14(23)10-15(17)22(25)8-9-22/h4-7,10,13,19,28H,8-9,25H2,1-3H3,(H,27,29). The third kappa shape index (κ3) is 4.48. The summed E-state index contributed by atoms with van der Waals surface area (Å²) in [4.78, 5) is 11.6. The van der Waals surface area contributed by atoms with Crippen LogP contribution in [0.2, 0.25) is 5.02 Å². The monoisotopic (exact) mass is 494 g/mol. The van der Waals surface area contributed by atoms with Crippen molar-refractivity contribution in [3.05, 3.63) is 79.9 Å². The number of nitrogens with zero attached hydrogens (tertiary/aromatic N) is 1. The number of nitrogens with one attached hydrogen (secondary N) is 2. The molecule has 4 N–H and O–H groups in total. The minimum atomic E-state index is -4.20. The second kappa shape index (κ2) is 8.35. The molecule has 2 aromatic carbocycles. The zero-order valence-electron chi connectivity index (χ0n) is 18.3. The Bertz CT molecular complexity index is 1380. The SMILES string of the molecule is Cc1ccc(F)c(C(C)C(NS(=O)(=O)c2ccc(Cl)cc2C2(N)CC2)c2n[nH]c(=O)o2)c1C. The van der Waals surface area contributed by atoms with Crippen LogP contribution in [0.25, 0.3) is 0 Å². The Morgan fingerprint density at radius 2 is 1.97 bits per heavy atom. The molecule has 176 valence electrons. The molecule has 1 aliphatic carbocycles. The fraction of sp³-hybridized carbons (Fsp3) is 0.364. The van der Waals surface area contributed by atoms with Gasteiger partial charge in [-0.1, -0.05) is 24.6 Å². The Kier molecular flexibility index (Phi) is 5.98. The number of aryl methyl sites for hydroxylation is 1. The minimum absolute atomic E-state index is 0.0385. The lowest BCUT2D eigenvalue weighted by molar-refractivity contribution is 0.376. The van der Waals surface area contributed by atoms with E-state index in [2.05, 4.69) is 14.9 Å². The van der Waals surface area contributed by atoms with Crippen LogP contribution < -0.4 is 16.2 Å². The third-order valence-corrected chi connectivity index (χ3v) is 7.98. The lowest BCUT2D eigenvalue weighted by atomic mass is 9.88. The summed E-state index contributed by atoms with van der Waals surface area (Å²) < 4.78 is 49.6. The van der Waals surface area contributed by atoms with Crippen molar-refractivity contribution in [2.75, 3.05) is 0 Å². The first kappa shape index (κ1) is 23.6. The van der Waals surface area contributed by atoms with Crippen LogP contribution in [0.1, 0.15) is 59.9 Å². The first-order valence-electron chi connectivity index (χ1n) is 10.4. The minimum Gasteiger partial charge on any atom is -0.391 e. The van der Waals surface area contributed by atoms with Gasteiger partial charge in [-0.15, -0.1) is 5.10 Å². The molecule has 1 saturated carbocycles. The second-order valence-electron chi connectivity index (χ2n) is 8.54. The van der Waals surface area contributed by atoms with Crippen molar-refractivity contribution >= 4 is 21.6 Å². The van der Waals surface area contributed by atoms with E-state index in [0.29, 0.717) is 34.6 Å². The van der Waals surface area contributed by atoms with Gasteiger partial charge in [-0.25, -0.2) is 22.7 Å². The van der Waals surface area contributed by atoms with Crippen molar-refractivity contribution in [1.29, 1.82) is 0 Å². The number of nitrogens with two attached hydrogens (primary N) is 1. The molecule has 2 atom stereocenters. The zero-order chi connectivity index (χ0) is 24.1. The Morgan fingerprint density at radius 3 is 2.58 bits per heavy atom. The maximum atomic E-state index is 14.9. The van der Waals surface area contributed by atoms with Crippen molar-refractivity contribution < 1.29 is 17.2 Å². The summed E-state index contributed by atoms with van der Waals surface area (Å²) in [5, 5.41) is 6.32. The summed E-state index contributed by atoms with van der Waals surface area (Å²) in [5.41, 5.74) is 7.72. The van der Waals surface area contributed by atoms with Gasteiger partial charge in [0.2, 0.25) is 15.9 Å². The van der Waals surface area contributed by atoms with Crippen LogP contribution in [0.15, 0.2) is 44.4 Å². The average Bonchev–Trinajstić information content (AvgIpc) is 3.36. The number of rotatable bonds is 7. The van der Waals surface area contributed by atoms with E-state index in [-0.39, 0.29) is 10.8 Å². The van der Waals surface area contributed by atoms with Gasteiger partial charge in [-0.3, -0.25) is 0 Å². The van der Waals surface area contributed by atoms with Crippen molar-refractivity contribution in [3.63, 3.8) is 0 Å². The van der Waals surface area contributed by atoms with Crippen LogP contribution in [0.4, 0.5) is 4.39 Å². The lowest BCUT2D eigenvalue weighted by Crippen LogP contribution is -2.34. The van der Waals surface area contributed by atoms with Gasteiger partial charge < -0.3 is 10.2 Å². The van der Waals surface area contributed by atoms with Crippen LogP contribution >= 0.6 is 11.6 Å². The number of hydrogen-bond donors (Lipinski definition) is 3. The van der Waals surface area contributed by atoms with E-state index in [1.165, 1.54) is 18.2 Å². The van der Waals surface area contributed by atoms with Crippen LogP contribution in [0.3, 0.4) is 0 Å². The predicted molar refractivity (Wildman–Crippen MR) is 121 cm³/mol. The number of hydrogen-bond acceptors (Lipinski definition) is 6. The van der Waals surface area contributed by atoms with Gasteiger partial charge in [0.15, 0.2) is 0 Å². The Balaban J connectivity index is 1.81. The normalized spacial score (nSPS) is 17.0. The summed E-state index contributed by atoms with van der Waals surface area (Å²) >= 11 is 6.11. The summed E-state index contributed by atoms with van der Waals surface area (Å²) in [6.07, 6.45) is 1.25. The smallest absolute Gasteiger partial charge is 0.391 e. The first-order chi connectivity index (χ1) is 15.4. The van der Waals surface area contributed by atoms with Gasteiger partial charge in [0.05, 0.1) is 4.90 Å². The summed E-state index contributed by atoms with van der Waals surface area (Å²) in [7, 11) is -4.20. The molecule has 3 aromatic rings. The molecular formula is C22H24ClFN4O4S. The molecule has 0 aliphatic heterocycles. The largest absolute Gasteiger partial charge is 0.434 e. The van der Waals surface area contributed by atoms with Gasteiger partial charge in [0.1, 0.15) is 11.9 Å². The van der Waals surface area contributed by atoms with E-state index in [9.17, 15) is 17.6 Å². The van der Waals surface area contributed by atoms with Crippen LogP contribution in [-0.4, -0.2) is 18.6 Å². The Labute approximate surface area is 195 Å². The van der Waals surface area contributed by atoms with Crippen LogP contribution in [0, 0.1) is 19.7 Å². The highest BCUT2D eigenvalue weighted by Crippen LogP contribution is 2.46. The average molecular weight is 495 g/mol. The molecule has 1 aliphatic rings. The zero-order valence-corrected chi connectivity index (χ0v) is 19.8. The van der Waals surface area contributed by atoms with Gasteiger partial charge >= 0.3 is 5.76 Å². The topological polar surface area (TPSA) is 131 Å². The molecular weight excluding hydrogens is 471 g/mol. The summed E-state index contributed by atoms with van der Waals surface area (Å²) in [6.45, 7) is 5.22.